The number of rotatable bonds is 12. The predicted molar refractivity (Wildman–Crippen MR) is 196 cm³/mol. The van der Waals surface area contributed by atoms with E-state index >= 15 is 0 Å². The van der Waals surface area contributed by atoms with Gasteiger partial charge in [0.1, 0.15) is 23.9 Å². The molecule has 4 heterocycles. The lowest BCUT2D eigenvalue weighted by Crippen LogP contribution is -2.55. The highest BCUT2D eigenvalue weighted by atomic mass is 16.5. The number of nitrogens with zero attached hydrogens (tertiary/aromatic N) is 4. The highest BCUT2D eigenvalue weighted by Gasteiger charge is 2.39. The van der Waals surface area contributed by atoms with Crippen molar-refractivity contribution < 1.29 is 33.4 Å². The summed E-state index contributed by atoms with van der Waals surface area (Å²) in [6, 6.07) is 9.29. The fourth-order valence-corrected chi connectivity index (χ4v) is 6.85. The molecule has 5 amide bonds. The Labute approximate surface area is 309 Å². The van der Waals surface area contributed by atoms with E-state index in [2.05, 4.69) is 35.6 Å². The number of alkyl carbamates (subject to hydrolysis) is 2. The largest absolute Gasteiger partial charge is 0.453 e. The van der Waals surface area contributed by atoms with Crippen molar-refractivity contribution in [1.82, 2.24) is 40.7 Å². The molecule has 53 heavy (non-hydrogen) atoms. The number of ether oxygens (including phenoxy) is 2. The number of aromatic amines is 1. The van der Waals surface area contributed by atoms with Gasteiger partial charge in [-0.3, -0.25) is 19.4 Å². The van der Waals surface area contributed by atoms with Gasteiger partial charge in [0.2, 0.25) is 17.7 Å². The zero-order valence-electron chi connectivity index (χ0n) is 31.2. The number of likely N-dealkylation sites (tertiary alicyclic amines) is 2. The monoisotopic (exact) mass is 730 g/mol. The van der Waals surface area contributed by atoms with Crippen molar-refractivity contribution in [2.45, 2.75) is 84.1 Å². The SMILES string of the molecule is COC(=O)N[C@H](C(=O)N1CCC[C@H]1C(=O)NCc1ccc(-c2ccc(-c3cnc([C@@H]4CCCN4C(=O)[C@@H](NC(=O)OC)C(C)C)[nH]3)cn2)cc1)C(C)C. The van der Waals surface area contributed by atoms with Crippen molar-refractivity contribution in [2.24, 2.45) is 11.8 Å². The second kappa shape index (κ2) is 17.4. The zero-order valence-corrected chi connectivity index (χ0v) is 31.2. The first-order valence-corrected chi connectivity index (χ1v) is 18.1. The molecule has 2 saturated heterocycles. The molecule has 2 aliphatic rings. The molecule has 4 atom stereocenters. The number of carbonyl (C=O) groups excluding carboxylic acids is 5. The maximum Gasteiger partial charge on any atom is 0.407 e. The molecular formula is C38H50N8O7. The zero-order chi connectivity index (χ0) is 38.2. The summed E-state index contributed by atoms with van der Waals surface area (Å²) in [5, 5.41) is 8.24. The molecule has 284 valence electrons. The Morgan fingerprint density at radius 2 is 1.36 bits per heavy atom. The van der Waals surface area contributed by atoms with Crippen LogP contribution in [0.2, 0.25) is 0 Å². The standard InChI is InChI=1S/C38H50N8O7/c1-22(2)31(43-37(50)52-5)35(48)45-17-7-9-29(45)33-40-21-28(42-33)26-15-16-27(39-20-26)25-13-11-24(12-14-25)19-41-34(47)30-10-8-18-46(30)36(49)32(23(3)4)44-38(51)53-6/h11-16,20-23,29-32H,7-10,17-19H2,1-6H3,(H,40,42)(H,41,47)(H,43,50)(H,44,51)/t29-,30-,31-,32-/m0/s1. The van der Waals surface area contributed by atoms with Crippen LogP contribution in [-0.4, -0.2) is 100 Å². The summed E-state index contributed by atoms with van der Waals surface area (Å²) in [6.07, 6.45) is 5.02. The van der Waals surface area contributed by atoms with Crippen molar-refractivity contribution >= 4 is 29.9 Å². The summed E-state index contributed by atoms with van der Waals surface area (Å²) in [5.74, 6) is -0.307. The average Bonchev–Trinajstić information content (AvgIpc) is 3.96. The first-order valence-electron chi connectivity index (χ1n) is 18.1. The van der Waals surface area contributed by atoms with Crippen LogP contribution in [0.4, 0.5) is 9.59 Å². The van der Waals surface area contributed by atoms with Crippen LogP contribution >= 0.6 is 0 Å². The molecular weight excluding hydrogens is 680 g/mol. The molecule has 2 aromatic heterocycles. The Kier molecular flexibility index (Phi) is 12.7. The molecule has 2 fully saturated rings. The minimum Gasteiger partial charge on any atom is -0.453 e. The normalized spacial score (nSPS) is 18.1. The lowest BCUT2D eigenvalue weighted by Gasteiger charge is -2.30. The minimum absolute atomic E-state index is 0.119. The van der Waals surface area contributed by atoms with Crippen LogP contribution in [0.3, 0.4) is 0 Å². The van der Waals surface area contributed by atoms with Gasteiger partial charge in [-0.1, -0.05) is 52.0 Å². The van der Waals surface area contributed by atoms with Crippen LogP contribution in [0.25, 0.3) is 22.5 Å². The maximum absolute atomic E-state index is 13.5. The van der Waals surface area contributed by atoms with E-state index in [1.54, 1.807) is 22.2 Å². The van der Waals surface area contributed by atoms with Crippen LogP contribution in [0.5, 0.6) is 0 Å². The molecule has 4 N–H and O–H groups in total. The Morgan fingerprint density at radius 1 is 0.774 bits per heavy atom. The number of nitrogens with one attached hydrogen (secondary N) is 4. The number of H-pyrrole nitrogens is 1. The Balaban J connectivity index is 1.17. The number of hydrogen-bond acceptors (Lipinski definition) is 9. The van der Waals surface area contributed by atoms with E-state index in [9.17, 15) is 24.0 Å². The lowest BCUT2D eigenvalue weighted by molar-refractivity contribution is -0.140. The van der Waals surface area contributed by atoms with Gasteiger partial charge in [-0.05, 0) is 55.2 Å². The summed E-state index contributed by atoms with van der Waals surface area (Å²) in [4.78, 5) is 79.7. The van der Waals surface area contributed by atoms with Crippen molar-refractivity contribution in [3.63, 3.8) is 0 Å². The van der Waals surface area contributed by atoms with Gasteiger partial charge in [0.25, 0.3) is 0 Å². The molecule has 15 heteroatoms. The number of methoxy groups -OCH3 is 2. The summed E-state index contributed by atoms with van der Waals surface area (Å²) in [7, 11) is 2.52. The van der Waals surface area contributed by atoms with E-state index in [1.165, 1.54) is 14.2 Å². The summed E-state index contributed by atoms with van der Waals surface area (Å²) in [6.45, 7) is 8.75. The quantitative estimate of drug-likeness (QED) is 0.212. The van der Waals surface area contributed by atoms with Crippen molar-refractivity contribution in [3.8, 4) is 22.5 Å². The second-order valence-electron chi connectivity index (χ2n) is 14.1. The number of hydrogen-bond donors (Lipinski definition) is 4. The van der Waals surface area contributed by atoms with Crippen LogP contribution in [0, 0.1) is 11.8 Å². The molecule has 0 bridgehead atoms. The second-order valence-corrected chi connectivity index (χ2v) is 14.1. The smallest absolute Gasteiger partial charge is 0.407 e. The molecule has 0 unspecified atom stereocenters. The van der Waals surface area contributed by atoms with Crippen LogP contribution in [0.1, 0.15) is 70.8 Å². The molecule has 0 saturated carbocycles. The van der Waals surface area contributed by atoms with Crippen molar-refractivity contribution in [2.75, 3.05) is 27.3 Å². The van der Waals surface area contributed by atoms with E-state index in [1.807, 2.05) is 64.1 Å². The lowest BCUT2D eigenvalue weighted by atomic mass is 10.0. The Morgan fingerprint density at radius 3 is 1.94 bits per heavy atom. The van der Waals surface area contributed by atoms with Crippen LogP contribution < -0.4 is 16.0 Å². The molecule has 2 aliphatic heterocycles. The number of pyridine rings is 1. The predicted octanol–water partition coefficient (Wildman–Crippen LogP) is 4.17. The third-order valence-electron chi connectivity index (χ3n) is 9.86. The number of carbonyl (C=O) groups is 5. The van der Waals surface area contributed by atoms with Gasteiger partial charge in [0.15, 0.2) is 0 Å². The highest BCUT2D eigenvalue weighted by molar-refractivity contribution is 5.92. The molecule has 1 aromatic carbocycles. The third-order valence-corrected chi connectivity index (χ3v) is 9.86. The van der Waals surface area contributed by atoms with Gasteiger partial charge >= 0.3 is 12.2 Å². The molecule has 0 spiro atoms. The van der Waals surface area contributed by atoms with Gasteiger partial charge in [-0.25, -0.2) is 14.6 Å². The molecule has 3 aromatic rings. The molecule has 15 nitrogen and oxygen atoms in total. The number of aromatic nitrogens is 3. The van der Waals surface area contributed by atoms with E-state index in [0.717, 1.165) is 40.9 Å². The van der Waals surface area contributed by atoms with Crippen LogP contribution in [0.15, 0.2) is 48.8 Å². The topological polar surface area (TPSA) is 188 Å². The van der Waals surface area contributed by atoms with Crippen LogP contribution in [-0.2, 0) is 30.4 Å². The van der Waals surface area contributed by atoms with E-state index in [-0.39, 0.29) is 35.6 Å². The maximum atomic E-state index is 13.5. The van der Waals surface area contributed by atoms with Gasteiger partial charge in [-0.2, -0.15) is 0 Å². The fraction of sp³-hybridized carbons (Fsp3) is 0.500. The first kappa shape index (κ1) is 38.8. The summed E-state index contributed by atoms with van der Waals surface area (Å²) >= 11 is 0. The van der Waals surface area contributed by atoms with Crippen molar-refractivity contribution in [1.29, 1.82) is 0 Å². The van der Waals surface area contributed by atoms with Gasteiger partial charge in [0.05, 0.1) is 37.8 Å². The number of amides is 5. The summed E-state index contributed by atoms with van der Waals surface area (Å²) < 4.78 is 9.42. The average molecular weight is 731 g/mol. The Bertz CT molecular complexity index is 1760. The highest BCUT2D eigenvalue weighted by Crippen LogP contribution is 2.33. The molecule has 5 rings (SSSR count). The fourth-order valence-electron chi connectivity index (χ4n) is 6.85. The number of imidazole rings is 1. The molecule has 0 aliphatic carbocycles. The van der Waals surface area contributed by atoms with Crippen molar-refractivity contribution in [3.05, 3.63) is 60.2 Å². The first-order chi connectivity index (χ1) is 25.4. The van der Waals surface area contributed by atoms with E-state index in [4.69, 9.17) is 4.74 Å². The Hall–Kier alpha value is -5.47. The van der Waals surface area contributed by atoms with Gasteiger partial charge in [-0.15, -0.1) is 0 Å². The third kappa shape index (κ3) is 9.13. The molecule has 0 radical (unpaired) electrons. The van der Waals surface area contributed by atoms with Gasteiger partial charge < -0.3 is 40.2 Å². The number of benzene rings is 1. The van der Waals surface area contributed by atoms with E-state index in [0.29, 0.717) is 38.3 Å². The van der Waals surface area contributed by atoms with Gasteiger partial charge in [0, 0.05) is 37.0 Å². The van der Waals surface area contributed by atoms with E-state index < -0.39 is 30.3 Å². The summed E-state index contributed by atoms with van der Waals surface area (Å²) in [5.41, 5.74) is 4.19. The minimum atomic E-state index is -0.787.